The van der Waals surface area contributed by atoms with Gasteiger partial charge in [-0.2, -0.15) is 0 Å². The lowest BCUT2D eigenvalue weighted by atomic mass is 10.3. The van der Waals surface area contributed by atoms with Gasteiger partial charge in [-0.3, -0.25) is 4.72 Å². The lowest BCUT2D eigenvalue weighted by molar-refractivity contribution is 0.607. The van der Waals surface area contributed by atoms with Crippen molar-refractivity contribution in [3.8, 4) is 0 Å². The number of hydrogen-bond donors (Lipinski definition) is 1. The van der Waals surface area contributed by atoms with Crippen LogP contribution < -0.4 is 4.72 Å². The van der Waals surface area contributed by atoms with Crippen LogP contribution in [0.4, 0.5) is 5.00 Å². The van der Waals surface area contributed by atoms with Crippen LogP contribution in [0.3, 0.4) is 0 Å². The number of sulfonamides is 1. The van der Waals surface area contributed by atoms with E-state index in [1.54, 1.807) is 0 Å². The van der Waals surface area contributed by atoms with Crippen LogP contribution in [0, 0.1) is 0 Å². The zero-order valence-electron chi connectivity index (χ0n) is 7.52. The Hall–Kier alpha value is -1.07. The Morgan fingerprint density at radius 2 is 2.00 bits per heavy atom. The summed E-state index contributed by atoms with van der Waals surface area (Å²) < 4.78 is 25.5. The third-order valence-electron chi connectivity index (χ3n) is 1.71. The maximum absolute atomic E-state index is 11.0. The summed E-state index contributed by atoms with van der Waals surface area (Å²) in [5, 5.41) is 1.72. The highest BCUT2D eigenvalue weighted by atomic mass is 32.2. The first kappa shape index (κ1) is 9.48. The number of hydrogen-bond acceptors (Lipinski definition) is 3. The Balaban J connectivity index is 2.46. The van der Waals surface area contributed by atoms with Crippen LogP contribution in [0.15, 0.2) is 30.3 Å². The van der Waals surface area contributed by atoms with Gasteiger partial charge in [0.2, 0.25) is 10.0 Å². The molecule has 3 nitrogen and oxygen atoms in total. The molecule has 0 saturated heterocycles. The quantitative estimate of drug-likeness (QED) is 0.855. The van der Waals surface area contributed by atoms with Gasteiger partial charge in [0.25, 0.3) is 0 Å². The van der Waals surface area contributed by atoms with E-state index in [-0.39, 0.29) is 0 Å². The molecule has 0 atom stereocenters. The highest BCUT2D eigenvalue weighted by Gasteiger charge is 2.05. The summed E-state index contributed by atoms with van der Waals surface area (Å²) in [6.45, 7) is 0. The van der Waals surface area contributed by atoms with Gasteiger partial charge in [0, 0.05) is 4.70 Å². The maximum atomic E-state index is 11.0. The zero-order valence-corrected chi connectivity index (χ0v) is 9.15. The van der Waals surface area contributed by atoms with Gasteiger partial charge in [0.1, 0.15) is 5.00 Å². The van der Waals surface area contributed by atoms with Crippen molar-refractivity contribution in [3.05, 3.63) is 30.3 Å². The molecule has 1 N–H and O–H groups in total. The molecule has 2 rings (SSSR count). The van der Waals surface area contributed by atoms with Gasteiger partial charge in [0.05, 0.1) is 6.26 Å². The second-order valence-corrected chi connectivity index (χ2v) is 5.85. The molecule has 5 heteroatoms. The molecule has 2 aromatic rings. The molecule has 0 radical (unpaired) electrons. The molecule has 0 aliphatic rings. The Labute approximate surface area is 86.4 Å². The molecule has 0 saturated carbocycles. The molecule has 74 valence electrons. The van der Waals surface area contributed by atoms with E-state index < -0.39 is 10.0 Å². The van der Waals surface area contributed by atoms with Crippen LogP contribution in [0.25, 0.3) is 10.1 Å². The standard InChI is InChI=1S/C9H9NO2S2/c1-14(11,12)10-9-6-7-4-2-3-5-8(7)13-9/h2-6,10H,1H3. The van der Waals surface area contributed by atoms with E-state index in [2.05, 4.69) is 4.72 Å². The first-order valence-corrected chi connectivity index (χ1v) is 6.72. The second-order valence-electron chi connectivity index (χ2n) is 3.02. The monoisotopic (exact) mass is 227 g/mol. The highest BCUT2D eigenvalue weighted by molar-refractivity contribution is 7.92. The zero-order chi connectivity index (χ0) is 10.2. The molecule has 1 aromatic heterocycles. The molecular weight excluding hydrogens is 218 g/mol. The number of rotatable bonds is 2. The van der Waals surface area contributed by atoms with Gasteiger partial charge in [-0.15, -0.1) is 11.3 Å². The SMILES string of the molecule is CS(=O)(=O)Nc1cc2ccccc2s1. The van der Waals surface area contributed by atoms with Crippen molar-refractivity contribution in [3.63, 3.8) is 0 Å². The van der Waals surface area contributed by atoms with Gasteiger partial charge < -0.3 is 0 Å². The summed E-state index contributed by atoms with van der Waals surface area (Å²) in [6.07, 6.45) is 1.15. The van der Waals surface area contributed by atoms with Gasteiger partial charge in [-0.25, -0.2) is 8.42 Å². The van der Waals surface area contributed by atoms with Gasteiger partial charge in [-0.05, 0) is 17.5 Å². The Morgan fingerprint density at radius 1 is 1.29 bits per heavy atom. The van der Waals surface area contributed by atoms with Crippen molar-refractivity contribution in [2.24, 2.45) is 0 Å². The van der Waals surface area contributed by atoms with Crippen LogP contribution >= 0.6 is 11.3 Å². The minimum Gasteiger partial charge on any atom is -0.275 e. The van der Waals surface area contributed by atoms with E-state index in [0.717, 1.165) is 16.3 Å². The first-order chi connectivity index (χ1) is 6.54. The Bertz CT molecular complexity index is 524. The highest BCUT2D eigenvalue weighted by Crippen LogP contribution is 2.29. The predicted octanol–water partition coefficient (Wildman–Crippen LogP) is 2.27. The minimum absolute atomic E-state index is 0.661. The molecule has 0 spiro atoms. The topological polar surface area (TPSA) is 46.2 Å². The van der Waals surface area contributed by atoms with Crippen LogP contribution in [0.5, 0.6) is 0 Å². The van der Waals surface area contributed by atoms with Gasteiger partial charge >= 0.3 is 0 Å². The van der Waals surface area contributed by atoms with Crippen molar-refractivity contribution in [2.75, 3.05) is 11.0 Å². The van der Waals surface area contributed by atoms with E-state index >= 15 is 0 Å². The second kappa shape index (κ2) is 3.25. The fourth-order valence-corrected chi connectivity index (χ4v) is 3.07. The summed E-state index contributed by atoms with van der Waals surface area (Å²) in [6, 6.07) is 9.62. The average Bonchev–Trinajstić information content (AvgIpc) is 2.42. The molecule has 14 heavy (non-hydrogen) atoms. The normalized spacial score (nSPS) is 11.8. The van der Waals surface area contributed by atoms with Crippen molar-refractivity contribution >= 4 is 36.4 Å². The fourth-order valence-electron chi connectivity index (χ4n) is 1.21. The van der Waals surface area contributed by atoms with Gasteiger partial charge in [0.15, 0.2) is 0 Å². The maximum Gasteiger partial charge on any atom is 0.230 e. The third-order valence-corrected chi connectivity index (χ3v) is 3.46. The van der Waals surface area contributed by atoms with Crippen molar-refractivity contribution in [2.45, 2.75) is 0 Å². The van der Waals surface area contributed by atoms with E-state index in [1.165, 1.54) is 11.3 Å². The number of benzene rings is 1. The summed E-state index contributed by atoms with van der Waals surface area (Å²) in [4.78, 5) is 0. The van der Waals surface area contributed by atoms with Crippen LogP contribution in [0.1, 0.15) is 0 Å². The van der Waals surface area contributed by atoms with Crippen molar-refractivity contribution < 1.29 is 8.42 Å². The molecule has 1 heterocycles. The molecule has 0 bridgehead atoms. The number of fused-ring (bicyclic) bond motifs is 1. The van der Waals surface area contributed by atoms with Crippen LogP contribution in [0.2, 0.25) is 0 Å². The summed E-state index contributed by atoms with van der Waals surface area (Å²) in [5.41, 5.74) is 0. The van der Waals surface area contributed by atoms with E-state index in [1.807, 2.05) is 30.3 Å². The minimum atomic E-state index is -3.16. The third kappa shape index (κ3) is 2.05. The number of thiophene rings is 1. The van der Waals surface area contributed by atoms with E-state index in [4.69, 9.17) is 0 Å². The molecular formula is C9H9NO2S2. The van der Waals surface area contributed by atoms with Crippen LogP contribution in [-0.2, 0) is 10.0 Å². The largest absolute Gasteiger partial charge is 0.275 e. The molecule has 0 fully saturated rings. The van der Waals surface area contributed by atoms with Crippen molar-refractivity contribution in [1.29, 1.82) is 0 Å². The first-order valence-electron chi connectivity index (χ1n) is 4.01. The fraction of sp³-hybridized carbons (Fsp3) is 0.111. The van der Waals surface area contributed by atoms with Crippen LogP contribution in [-0.4, -0.2) is 14.7 Å². The molecule has 1 aromatic carbocycles. The summed E-state index contributed by atoms with van der Waals surface area (Å²) >= 11 is 1.43. The van der Waals surface area contributed by atoms with E-state index in [9.17, 15) is 8.42 Å². The Morgan fingerprint density at radius 3 is 2.64 bits per heavy atom. The predicted molar refractivity (Wildman–Crippen MR) is 60.3 cm³/mol. The summed E-state index contributed by atoms with van der Waals surface area (Å²) in [5.74, 6) is 0. The molecule has 0 amide bonds. The smallest absolute Gasteiger partial charge is 0.230 e. The Kier molecular flexibility index (Phi) is 2.20. The number of anilines is 1. The summed E-state index contributed by atoms with van der Waals surface area (Å²) in [7, 11) is -3.16. The van der Waals surface area contributed by atoms with Crippen molar-refractivity contribution in [1.82, 2.24) is 0 Å². The van der Waals surface area contributed by atoms with Gasteiger partial charge in [-0.1, -0.05) is 18.2 Å². The lowest BCUT2D eigenvalue weighted by Crippen LogP contribution is -2.07. The molecule has 0 aliphatic heterocycles. The molecule has 0 aliphatic carbocycles. The number of nitrogens with one attached hydrogen (secondary N) is 1. The average molecular weight is 227 g/mol. The lowest BCUT2D eigenvalue weighted by Gasteiger charge is -1.96. The van der Waals surface area contributed by atoms with E-state index in [0.29, 0.717) is 5.00 Å². The molecule has 0 unspecified atom stereocenters.